The Kier molecular flexibility index (Phi) is 5.90. The van der Waals surface area contributed by atoms with Crippen molar-refractivity contribution in [3.63, 3.8) is 0 Å². The quantitative estimate of drug-likeness (QED) is 0.633. The van der Waals surface area contributed by atoms with Crippen LogP contribution in [0.2, 0.25) is 5.02 Å². The predicted octanol–water partition coefficient (Wildman–Crippen LogP) is 3.10. The third-order valence-electron chi connectivity index (χ3n) is 3.80. The van der Waals surface area contributed by atoms with Gasteiger partial charge >= 0.3 is 5.97 Å². The molecule has 0 aliphatic heterocycles. The number of anilines is 1. The van der Waals surface area contributed by atoms with Crippen molar-refractivity contribution in [2.45, 2.75) is 0 Å². The summed E-state index contributed by atoms with van der Waals surface area (Å²) in [6.07, 6.45) is 3.00. The van der Waals surface area contributed by atoms with Crippen LogP contribution in [-0.2, 0) is 9.53 Å². The van der Waals surface area contributed by atoms with Crippen LogP contribution in [0.25, 0.3) is 11.0 Å². The van der Waals surface area contributed by atoms with E-state index in [0.717, 1.165) is 0 Å². The Balaban J connectivity index is 1.69. The van der Waals surface area contributed by atoms with E-state index in [1.807, 2.05) is 0 Å². The number of para-hydroxylation sites is 1. The van der Waals surface area contributed by atoms with Gasteiger partial charge in [-0.1, -0.05) is 17.7 Å². The van der Waals surface area contributed by atoms with Crippen LogP contribution in [0.15, 0.2) is 42.7 Å². The molecule has 0 saturated heterocycles. The number of halogens is 1. The molecule has 144 valence electrons. The van der Waals surface area contributed by atoms with Crippen LogP contribution < -0.4 is 14.8 Å². The SMILES string of the molecule is COc1cc(OC)c(NC(=O)COC(=O)c2cccc3nccnc23)cc1Cl. The summed E-state index contributed by atoms with van der Waals surface area (Å²) in [5, 5.41) is 2.88. The van der Waals surface area contributed by atoms with Crippen molar-refractivity contribution in [1.82, 2.24) is 9.97 Å². The van der Waals surface area contributed by atoms with E-state index in [-0.39, 0.29) is 5.56 Å². The van der Waals surface area contributed by atoms with E-state index >= 15 is 0 Å². The van der Waals surface area contributed by atoms with E-state index in [1.54, 1.807) is 24.3 Å². The Bertz CT molecular complexity index is 1040. The average Bonchev–Trinajstić information content (AvgIpc) is 2.71. The van der Waals surface area contributed by atoms with Crippen molar-refractivity contribution >= 4 is 40.2 Å². The van der Waals surface area contributed by atoms with E-state index in [1.165, 1.54) is 32.7 Å². The first kappa shape index (κ1) is 19.4. The van der Waals surface area contributed by atoms with Gasteiger partial charge in [0.05, 0.1) is 36.0 Å². The minimum absolute atomic E-state index is 0.225. The number of rotatable bonds is 6. The lowest BCUT2D eigenvalue weighted by atomic mass is 10.2. The molecule has 28 heavy (non-hydrogen) atoms. The van der Waals surface area contributed by atoms with Crippen molar-refractivity contribution in [3.05, 3.63) is 53.3 Å². The lowest BCUT2D eigenvalue weighted by Gasteiger charge is -2.13. The Morgan fingerprint density at radius 1 is 1.07 bits per heavy atom. The number of aromatic nitrogens is 2. The molecule has 0 saturated carbocycles. The molecular weight excluding hydrogens is 386 g/mol. The van der Waals surface area contributed by atoms with Gasteiger partial charge in [0, 0.05) is 18.5 Å². The molecular formula is C19H16ClN3O5. The van der Waals surface area contributed by atoms with Gasteiger partial charge in [0.1, 0.15) is 17.0 Å². The lowest BCUT2D eigenvalue weighted by Crippen LogP contribution is -2.21. The van der Waals surface area contributed by atoms with Crippen LogP contribution in [0.5, 0.6) is 11.5 Å². The minimum atomic E-state index is -0.680. The molecule has 0 spiro atoms. The van der Waals surface area contributed by atoms with Gasteiger partial charge in [-0.25, -0.2) is 4.79 Å². The zero-order valence-corrected chi connectivity index (χ0v) is 15.8. The van der Waals surface area contributed by atoms with Gasteiger partial charge in [0.2, 0.25) is 0 Å². The van der Waals surface area contributed by atoms with Crippen LogP contribution in [-0.4, -0.2) is 42.7 Å². The van der Waals surface area contributed by atoms with Crippen molar-refractivity contribution < 1.29 is 23.8 Å². The maximum absolute atomic E-state index is 12.3. The third kappa shape index (κ3) is 4.12. The largest absolute Gasteiger partial charge is 0.495 e. The normalized spacial score (nSPS) is 10.4. The maximum Gasteiger partial charge on any atom is 0.340 e. The van der Waals surface area contributed by atoms with Gasteiger partial charge in [0.15, 0.2) is 6.61 Å². The number of methoxy groups -OCH3 is 2. The number of esters is 1. The fourth-order valence-electron chi connectivity index (χ4n) is 2.51. The lowest BCUT2D eigenvalue weighted by molar-refractivity contribution is -0.119. The molecule has 1 heterocycles. The average molecular weight is 402 g/mol. The molecule has 0 aliphatic rings. The highest BCUT2D eigenvalue weighted by Gasteiger charge is 2.16. The molecule has 0 unspecified atom stereocenters. The van der Waals surface area contributed by atoms with E-state index in [4.69, 9.17) is 25.8 Å². The zero-order chi connectivity index (χ0) is 20.1. The fraction of sp³-hybridized carbons (Fsp3) is 0.158. The monoisotopic (exact) mass is 401 g/mol. The molecule has 0 aliphatic carbocycles. The van der Waals surface area contributed by atoms with Crippen LogP contribution in [0.3, 0.4) is 0 Å². The summed E-state index contributed by atoms with van der Waals surface area (Å²) in [4.78, 5) is 32.8. The number of hydrogen-bond donors (Lipinski definition) is 1. The van der Waals surface area contributed by atoms with E-state index in [9.17, 15) is 9.59 Å². The number of carbonyl (C=O) groups is 2. The minimum Gasteiger partial charge on any atom is -0.495 e. The van der Waals surface area contributed by atoms with Gasteiger partial charge in [-0.2, -0.15) is 0 Å². The summed E-state index contributed by atoms with van der Waals surface area (Å²) in [7, 11) is 2.91. The van der Waals surface area contributed by atoms with E-state index < -0.39 is 18.5 Å². The second-order valence-electron chi connectivity index (χ2n) is 5.54. The van der Waals surface area contributed by atoms with Gasteiger partial charge in [-0.3, -0.25) is 14.8 Å². The number of ether oxygens (including phenoxy) is 3. The Morgan fingerprint density at radius 2 is 1.82 bits per heavy atom. The van der Waals surface area contributed by atoms with E-state index in [2.05, 4.69) is 15.3 Å². The smallest absolute Gasteiger partial charge is 0.340 e. The molecule has 3 aromatic rings. The van der Waals surface area contributed by atoms with Crippen molar-refractivity contribution in [2.75, 3.05) is 26.1 Å². The highest BCUT2D eigenvalue weighted by atomic mass is 35.5. The summed E-state index contributed by atoms with van der Waals surface area (Å²) in [5.41, 5.74) is 1.51. The first-order chi connectivity index (χ1) is 13.5. The predicted molar refractivity (Wildman–Crippen MR) is 103 cm³/mol. The summed E-state index contributed by atoms with van der Waals surface area (Å²) < 4.78 is 15.4. The summed E-state index contributed by atoms with van der Waals surface area (Å²) in [5.74, 6) is -0.481. The topological polar surface area (TPSA) is 99.6 Å². The van der Waals surface area contributed by atoms with E-state index in [0.29, 0.717) is 33.2 Å². The standard InChI is InChI=1S/C19H16ClN3O5/c1-26-15-9-16(27-2)14(8-12(15)20)23-17(24)10-28-19(25)11-4-3-5-13-18(11)22-7-6-21-13/h3-9H,10H2,1-2H3,(H,23,24). The molecule has 1 amide bonds. The molecule has 9 heteroatoms. The molecule has 8 nitrogen and oxygen atoms in total. The number of fused-ring (bicyclic) bond motifs is 1. The van der Waals surface area contributed by atoms with Crippen LogP contribution >= 0.6 is 11.6 Å². The van der Waals surface area contributed by atoms with Gasteiger partial charge in [-0.05, 0) is 18.2 Å². The second kappa shape index (κ2) is 8.53. The summed E-state index contributed by atoms with van der Waals surface area (Å²) in [6.45, 7) is -0.498. The van der Waals surface area contributed by atoms with Crippen LogP contribution in [0.1, 0.15) is 10.4 Å². The number of carbonyl (C=O) groups excluding carboxylic acids is 2. The maximum atomic E-state index is 12.3. The molecule has 0 fully saturated rings. The third-order valence-corrected chi connectivity index (χ3v) is 4.10. The van der Waals surface area contributed by atoms with Crippen molar-refractivity contribution in [3.8, 4) is 11.5 Å². The number of nitrogens with one attached hydrogen (secondary N) is 1. The summed E-state index contributed by atoms with van der Waals surface area (Å²) >= 11 is 6.07. The number of hydrogen-bond acceptors (Lipinski definition) is 7. The number of amides is 1. The highest BCUT2D eigenvalue weighted by molar-refractivity contribution is 6.32. The molecule has 1 aromatic heterocycles. The summed E-state index contributed by atoms with van der Waals surface area (Å²) in [6, 6.07) is 7.98. The Hall–Kier alpha value is -3.39. The first-order valence-corrected chi connectivity index (χ1v) is 8.49. The van der Waals surface area contributed by atoms with Gasteiger partial charge in [-0.15, -0.1) is 0 Å². The van der Waals surface area contributed by atoms with Crippen LogP contribution in [0, 0.1) is 0 Å². The van der Waals surface area contributed by atoms with Gasteiger partial charge < -0.3 is 19.5 Å². The van der Waals surface area contributed by atoms with Crippen LogP contribution in [0.4, 0.5) is 5.69 Å². The molecule has 3 rings (SSSR count). The second-order valence-corrected chi connectivity index (χ2v) is 5.95. The molecule has 0 atom stereocenters. The first-order valence-electron chi connectivity index (χ1n) is 8.11. The molecule has 1 N–H and O–H groups in total. The molecule has 2 aromatic carbocycles. The Labute approximate surface area is 165 Å². The van der Waals surface area contributed by atoms with Crippen molar-refractivity contribution in [1.29, 1.82) is 0 Å². The number of benzene rings is 2. The van der Waals surface area contributed by atoms with Gasteiger partial charge in [0.25, 0.3) is 5.91 Å². The Morgan fingerprint density at radius 3 is 2.57 bits per heavy atom. The highest BCUT2D eigenvalue weighted by Crippen LogP contribution is 2.35. The zero-order valence-electron chi connectivity index (χ0n) is 15.1. The molecule has 0 radical (unpaired) electrons. The molecule has 0 bridgehead atoms. The fourth-order valence-corrected chi connectivity index (χ4v) is 2.75. The van der Waals surface area contributed by atoms with Crippen molar-refractivity contribution in [2.24, 2.45) is 0 Å². The number of nitrogens with zero attached hydrogens (tertiary/aromatic N) is 2.